The molecule has 0 spiro atoms. The van der Waals surface area contributed by atoms with Crippen LogP contribution < -0.4 is 16.4 Å². The first-order chi connectivity index (χ1) is 11.8. The Morgan fingerprint density at radius 2 is 1.58 bits per heavy atom. The summed E-state index contributed by atoms with van der Waals surface area (Å²) in [7, 11) is 0. The SMILES string of the molecule is C[C@@H](NC(=O)OC(C)(C)C)[C@H](CN)C[C@@H]1C[C@@H]1CNC(=O)OC(C)(C)C. The van der Waals surface area contributed by atoms with Gasteiger partial charge in [0.05, 0.1) is 0 Å². The highest BCUT2D eigenvalue weighted by molar-refractivity contribution is 5.68. The fourth-order valence-electron chi connectivity index (χ4n) is 2.88. The molecule has 0 saturated heterocycles. The predicted molar refractivity (Wildman–Crippen MR) is 102 cm³/mol. The van der Waals surface area contributed by atoms with Crippen molar-refractivity contribution in [2.24, 2.45) is 23.5 Å². The van der Waals surface area contributed by atoms with Gasteiger partial charge in [-0.15, -0.1) is 0 Å². The van der Waals surface area contributed by atoms with Gasteiger partial charge in [0.1, 0.15) is 11.2 Å². The average molecular weight is 372 g/mol. The highest BCUT2D eigenvalue weighted by atomic mass is 16.6. The first kappa shape index (κ1) is 22.5. The van der Waals surface area contributed by atoms with E-state index >= 15 is 0 Å². The van der Waals surface area contributed by atoms with Crippen LogP contribution in [0.25, 0.3) is 0 Å². The van der Waals surface area contributed by atoms with Crippen LogP contribution in [-0.2, 0) is 9.47 Å². The number of carbonyl (C=O) groups is 2. The normalized spacial score (nSPS) is 22.2. The minimum atomic E-state index is -0.517. The zero-order valence-electron chi connectivity index (χ0n) is 17.3. The van der Waals surface area contributed by atoms with Crippen LogP contribution in [0.3, 0.4) is 0 Å². The summed E-state index contributed by atoms with van der Waals surface area (Å²) in [6, 6.07) is -0.0603. The molecule has 7 heteroatoms. The van der Waals surface area contributed by atoms with Crippen LogP contribution in [0.5, 0.6) is 0 Å². The number of ether oxygens (including phenoxy) is 2. The number of rotatable bonds is 7. The second-order valence-corrected chi connectivity index (χ2v) is 9.31. The van der Waals surface area contributed by atoms with Crippen molar-refractivity contribution in [1.29, 1.82) is 0 Å². The van der Waals surface area contributed by atoms with E-state index in [1.54, 1.807) is 0 Å². The molecule has 0 aliphatic heterocycles. The molecule has 152 valence electrons. The van der Waals surface area contributed by atoms with E-state index < -0.39 is 17.3 Å². The van der Waals surface area contributed by atoms with Gasteiger partial charge in [-0.2, -0.15) is 0 Å². The molecular formula is C19H37N3O4. The number of hydrogen-bond acceptors (Lipinski definition) is 5. The van der Waals surface area contributed by atoms with E-state index in [9.17, 15) is 9.59 Å². The van der Waals surface area contributed by atoms with E-state index in [0.29, 0.717) is 24.9 Å². The van der Waals surface area contributed by atoms with Crippen molar-refractivity contribution >= 4 is 12.2 Å². The maximum atomic E-state index is 11.9. The number of amides is 2. The Labute approximate surface area is 157 Å². The summed E-state index contributed by atoms with van der Waals surface area (Å²) < 4.78 is 10.5. The van der Waals surface area contributed by atoms with Gasteiger partial charge in [0, 0.05) is 12.6 Å². The molecule has 26 heavy (non-hydrogen) atoms. The molecule has 0 heterocycles. The third kappa shape index (κ3) is 9.27. The minimum absolute atomic E-state index is 0.0603. The molecule has 0 bridgehead atoms. The van der Waals surface area contributed by atoms with E-state index in [2.05, 4.69) is 10.6 Å². The zero-order chi connectivity index (χ0) is 20.1. The van der Waals surface area contributed by atoms with Crippen molar-refractivity contribution in [1.82, 2.24) is 10.6 Å². The molecule has 7 nitrogen and oxygen atoms in total. The maximum Gasteiger partial charge on any atom is 0.407 e. The second kappa shape index (κ2) is 8.93. The molecule has 1 fully saturated rings. The lowest BCUT2D eigenvalue weighted by Gasteiger charge is -2.26. The van der Waals surface area contributed by atoms with E-state index in [1.807, 2.05) is 48.5 Å². The lowest BCUT2D eigenvalue weighted by molar-refractivity contribution is 0.0484. The smallest absolute Gasteiger partial charge is 0.407 e. The van der Waals surface area contributed by atoms with Gasteiger partial charge in [-0.25, -0.2) is 9.59 Å². The third-order valence-corrected chi connectivity index (χ3v) is 4.34. The predicted octanol–water partition coefficient (Wildman–Crippen LogP) is 3.03. The summed E-state index contributed by atoms with van der Waals surface area (Å²) in [4.78, 5) is 23.6. The lowest BCUT2D eigenvalue weighted by atomic mass is 9.94. The topological polar surface area (TPSA) is 103 Å². The Bertz CT molecular complexity index is 482. The van der Waals surface area contributed by atoms with Crippen LogP contribution in [0.1, 0.15) is 61.3 Å². The quantitative estimate of drug-likeness (QED) is 0.638. The van der Waals surface area contributed by atoms with Crippen molar-refractivity contribution < 1.29 is 19.1 Å². The van der Waals surface area contributed by atoms with Gasteiger partial charge in [-0.1, -0.05) is 0 Å². The molecule has 0 unspecified atom stereocenters. The molecule has 1 saturated carbocycles. The van der Waals surface area contributed by atoms with Crippen molar-refractivity contribution in [2.45, 2.75) is 78.6 Å². The molecule has 2 amide bonds. The van der Waals surface area contributed by atoms with Gasteiger partial charge in [-0.3, -0.25) is 0 Å². The Balaban J connectivity index is 2.34. The third-order valence-electron chi connectivity index (χ3n) is 4.34. The van der Waals surface area contributed by atoms with Crippen LogP contribution in [0, 0.1) is 17.8 Å². The summed E-state index contributed by atoms with van der Waals surface area (Å²) in [5.41, 5.74) is 4.91. The van der Waals surface area contributed by atoms with E-state index in [-0.39, 0.29) is 18.1 Å². The second-order valence-electron chi connectivity index (χ2n) is 9.31. The number of alkyl carbamates (subject to hydrolysis) is 2. The van der Waals surface area contributed by atoms with Crippen molar-refractivity contribution in [2.75, 3.05) is 13.1 Å². The Morgan fingerprint density at radius 3 is 2.08 bits per heavy atom. The maximum absolute atomic E-state index is 11.9. The van der Waals surface area contributed by atoms with E-state index in [1.165, 1.54) is 0 Å². The standard InChI is InChI=1S/C19H37N3O4/c1-12(22-17(24)26-19(5,6)7)14(10-20)8-13-9-15(13)11-21-16(23)25-18(2,3)4/h12-15H,8-11,20H2,1-7H3,(H,21,23)(H,22,24)/t12-,13-,14+,15-/m1/s1. The number of nitrogens with two attached hydrogens (primary N) is 1. The van der Waals surface area contributed by atoms with Gasteiger partial charge in [0.15, 0.2) is 0 Å². The van der Waals surface area contributed by atoms with Crippen molar-refractivity contribution in [3.05, 3.63) is 0 Å². The minimum Gasteiger partial charge on any atom is -0.444 e. The fourth-order valence-corrected chi connectivity index (χ4v) is 2.88. The Hall–Kier alpha value is -1.50. The van der Waals surface area contributed by atoms with Gasteiger partial charge >= 0.3 is 12.2 Å². The van der Waals surface area contributed by atoms with Gasteiger partial charge in [-0.05, 0) is 85.6 Å². The molecular weight excluding hydrogens is 334 g/mol. The average Bonchev–Trinajstić information content (AvgIpc) is 3.16. The van der Waals surface area contributed by atoms with Crippen LogP contribution in [0.15, 0.2) is 0 Å². The lowest BCUT2D eigenvalue weighted by Crippen LogP contribution is -2.43. The molecule has 1 rings (SSSR count). The van der Waals surface area contributed by atoms with Crippen LogP contribution >= 0.6 is 0 Å². The Morgan fingerprint density at radius 1 is 1.04 bits per heavy atom. The van der Waals surface area contributed by atoms with Crippen molar-refractivity contribution in [3.8, 4) is 0 Å². The molecule has 4 atom stereocenters. The largest absolute Gasteiger partial charge is 0.444 e. The molecule has 0 aromatic carbocycles. The molecule has 0 aromatic rings. The fraction of sp³-hybridized carbons (Fsp3) is 0.895. The first-order valence-electron chi connectivity index (χ1n) is 9.47. The van der Waals surface area contributed by atoms with Crippen LogP contribution in [0.2, 0.25) is 0 Å². The molecule has 4 N–H and O–H groups in total. The monoisotopic (exact) mass is 371 g/mol. The van der Waals surface area contributed by atoms with Gasteiger partial charge < -0.3 is 25.8 Å². The molecule has 0 radical (unpaired) electrons. The van der Waals surface area contributed by atoms with Gasteiger partial charge in [0.25, 0.3) is 0 Å². The van der Waals surface area contributed by atoms with Crippen molar-refractivity contribution in [3.63, 3.8) is 0 Å². The Kier molecular flexibility index (Phi) is 7.74. The summed E-state index contributed by atoms with van der Waals surface area (Å²) in [5.74, 6) is 1.14. The highest BCUT2D eigenvalue weighted by Crippen LogP contribution is 2.43. The summed E-state index contributed by atoms with van der Waals surface area (Å²) in [5, 5.41) is 5.71. The molecule has 1 aliphatic carbocycles. The van der Waals surface area contributed by atoms with Crippen LogP contribution in [0.4, 0.5) is 9.59 Å². The van der Waals surface area contributed by atoms with E-state index in [0.717, 1.165) is 12.8 Å². The number of hydrogen-bond donors (Lipinski definition) is 3. The number of nitrogens with one attached hydrogen (secondary N) is 2. The summed E-state index contributed by atoms with van der Waals surface area (Å²) in [6.07, 6.45) is 1.19. The first-order valence-corrected chi connectivity index (χ1v) is 9.47. The van der Waals surface area contributed by atoms with Gasteiger partial charge in [0.2, 0.25) is 0 Å². The summed E-state index contributed by atoms with van der Waals surface area (Å²) in [6.45, 7) is 14.1. The van der Waals surface area contributed by atoms with E-state index in [4.69, 9.17) is 15.2 Å². The summed E-state index contributed by atoms with van der Waals surface area (Å²) >= 11 is 0. The number of carbonyl (C=O) groups excluding carboxylic acids is 2. The zero-order valence-corrected chi connectivity index (χ0v) is 17.3. The highest BCUT2D eigenvalue weighted by Gasteiger charge is 2.39. The molecule has 1 aliphatic rings. The molecule has 0 aromatic heterocycles. The van der Waals surface area contributed by atoms with Crippen LogP contribution in [-0.4, -0.2) is 42.5 Å².